The Morgan fingerprint density at radius 3 is 2.08 bits per heavy atom. The second-order valence-corrected chi connectivity index (χ2v) is 7.19. The number of rotatable bonds is 4. The molecule has 0 saturated heterocycles. The molecule has 0 unspecified atom stereocenters. The Morgan fingerprint density at radius 2 is 1.38 bits per heavy atom. The first kappa shape index (κ1) is 18.3. The van der Waals surface area contributed by atoms with Crippen molar-refractivity contribution in [2.24, 2.45) is 15.2 Å². The number of halogens is 1. The second-order valence-electron chi connectivity index (χ2n) is 5.95. The molecule has 4 nitrogen and oxygen atoms in total. The molecule has 3 aromatic carbocycles. The molecule has 0 saturated carbocycles. The molecular formula is C21H18IN3O. The molecule has 3 rings (SSSR count). The quantitative estimate of drug-likeness (QED) is 0.263. The second kappa shape index (κ2) is 8.23. The van der Waals surface area contributed by atoms with Gasteiger partial charge >= 0.3 is 0 Å². The average molecular weight is 455 g/mol. The van der Waals surface area contributed by atoms with Crippen molar-refractivity contribution in [1.82, 2.24) is 0 Å². The normalized spacial score (nSPS) is 11.5. The van der Waals surface area contributed by atoms with Crippen LogP contribution in [0.25, 0.3) is 0 Å². The van der Waals surface area contributed by atoms with Crippen molar-refractivity contribution < 1.29 is 5.11 Å². The summed E-state index contributed by atoms with van der Waals surface area (Å²) in [4.78, 5) is 4.40. The maximum absolute atomic E-state index is 10.0. The van der Waals surface area contributed by atoms with E-state index in [1.165, 1.54) is 11.1 Å². The molecule has 0 amide bonds. The van der Waals surface area contributed by atoms with E-state index < -0.39 is 0 Å². The van der Waals surface area contributed by atoms with Crippen LogP contribution in [0.5, 0.6) is 5.75 Å². The van der Waals surface area contributed by atoms with Gasteiger partial charge in [0.25, 0.3) is 0 Å². The summed E-state index contributed by atoms with van der Waals surface area (Å²) in [6.07, 6.45) is 1.63. The summed E-state index contributed by atoms with van der Waals surface area (Å²) in [5.74, 6) is 0.157. The van der Waals surface area contributed by atoms with E-state index in [4.69, 9.17) is 0 Å². The van der Waals surface area contributed by atoms with Crippen molar-refractivity contribution in [2.75, 3.05) is 0 Å². The molecule has 0 radical (unpaired) electrons. The predicted molar refractivity (Wildman–Crippen MR) is 115 cm³/mol. The maximum atomic E-state index is 10.0. The molecule has 0 aromatic heterocycles. The summed E-state index contributed by atoms with van der Waals surface area (Å²) in [6.45, 7) is 4.11. The van der Waals surface area contributed by atoms with Gasteiger partial charge in [0.05, 0.1) is 17.1 Å². The van der Waals surface area contributed by atoms with E-state index in [1.807, 2.05) is 49.4 Å². The maximum Gasteiger partial charge on any atom is 0.124 e. The lowest BCUT2D eigenvalue weighted by Crippen LogP contribution is -1.82. The standard InChI is InChI=1S/C21H18IN3O/c1-14-3-6-19(11-15(14)2)24-25-20-9-10-21(26)16(12-20)13-23-18-7-4-17(22)5-8-18/h3-13,26H,1-2H3. The molecule has 0 fully saturated rings. The Labute approximate surface area is 166 Å². The fourth-order valence-electron chi connectivity index (χ4n) is 2.28. The minimum absolute atomic E-state index is 0.157. The summed E-state index contributed by atoms with van der Waals surface area (Å²) in [5.41, 5.74) is 5.28. The van der Waals surface area contributed by atoms with Gasteiger partial charge in [-0.25, -0.2) is 0 Å². The lowest BCUT2D eigenvalue weighted by molar-refractivity contribution is 0.474. The highest BCUT2D eigenvalue weighted by molar-refractivity contribution is 14.1. The number of aryl methyl sites for hydroxylation is 2. The van der Waals surface area contributed by atoms with Gasteiger partial charge in [0, 0.05) is 15.3 Å². The molecule has 26 heavy (non-hydrogen) atoms. The third-order valence-electron chi connectivity index (χ3n) is 3.96. The van der Waals surface area contributed by atoms with Crippen molar-refractivity contribution in [1.29, 1.82) is 0 Å². The third kappa shape index (κ3) is 4.76. The molecule has 0 spiro atoms. The Bertz CT molecular complexity index is 979. The van der Waals surface area contributed by atoms with Crippen molar-refractivity contribution in [3.05, 3.63) is 80.9 Å². The zero-order valence-electron chi connectivity index (χ0n) is 14.5. The lowest BCUT2D eigenvalue weighted by atomic mass is 10.1. The first-order valence-corrected chi connectivity index (χ1v) is 9.21. The van der Waals surface area contributed by atoms with Gasteiger partial charge in [-0.2, -0.15) is 10.2 Å². The Kier molecular flexibility index (Phi) is 5.78. The van der Waals surface area contributed by atoms with Crippen LogP contribution in [0.4, 0.5) is 17.1 Å². The van der Waals surface area contributed by atoms with E-state index >= 15 is 0 Å². The topological polar surface area (TPSA) is 57.3 Å². The molecule has 5 heteroatoms. The SMILES string of the molecule is Cc1ccc(N=Nc2ccc(O)c(C=Nc3ccc(I)cc3)c2)cc1C. The summed E-state index contributed by atoms with van der Waals surface area (Å²) in [7, 11) is 0. The Balaban J connectivity index is 1.81. The molecule has 0 aliphatic rings. The minimum atomic E-state index is 0.157. The summed E-state index contributed by atoms with van der Waals surface area (Å²) in [6, 6.07) is 18.9. The number of nitrogens with zero attached hydrogens (tertiary/aromatic N) is 3. The highest BCUT2D eigenvalue weighted by atomic mass is 127. The Morgan fingerprint density at radius 1 is 0.769 bits per heavy atom. The lowest BCUT2D eigenvalue weighted by Gasteiger charge is -2.01. The summed E-state index contributed by atoms with van der Waals surface area (Å²) < 4.78 is 1.15. The van der Waals surface area contributed by atoms with Gasteiger partial charge in [-0.1, -0.05) is 6.07 Å². The first-order valence-electron chi connectivity index (χ1n) is 8.13. The Hall–Kier alpha value is -2.54. The van der Waals surface area contributed by atoms with E-state index in [-0.39, 0.29) is 5.75 Å². The number of aromatic hydroxyl groups is 1. The van der Waals surface area contributed by atoms with Gasteiger partial charge in [0.1, 0.15) is 5.75 Å². The van der Waals surface area contributed by atoms with Crippen LogP contribution in [0.3, 0.4) is 0 Å². The number of hydrogen-bond donors (Lipinski definition) is 1. The predicted octanol–water partition coefficient (Wildman–Crippen LogP) is 6.78. The van der Waals surface area contributed by atoms with Crippen molar-refractivity contribution in [2.45, 2.75) is 13.8 Å². The number of hydrogen-bond acceptors (Lipinski definition) is 4. The smallest absolute Gasteiger partial charge is 0.124 e. The molecule has 0 aliphatic heterocycles. The van der Waals surface area contributed by atoms with Gasteiger partial charge in [-0.05, 0) is 102 Å². The van der Waals surface area contributed by atoms with Crippen molar-refractivity contribution >= 4 is 45.9 Å². The number of aliphatic imine (C=N–C) groups is 1. The molecule has 0 heterocycles. The van der Waals surface area contributed by atoms with Gasteiger partial charge < -0.3 is 5.11 Å². The molecule has 3 aromatic rings. The van der Waals surface area contributed by atoms with E-state index in [9.17, 15) is 5.11 Å². The van der Waals surface area contributed by atoms with Gasteiger partial charge in [0.2, 0.25) is 0 Å². The van der Waals surface area contributed by atoms with Crippen molar-refractivity contribution in [3.63, 3.8) is 0 Å². The van der Waals surface area contributed by atoms with Crippen LogP contribution >= 0.6 is 22.6 Å². The van der Waals surface area contributed by atoms with E-state index in [1.54, 1.807) is 24.4 Å². The average Bonchev–Trinajstić information content (AvgIpc) is 2.64. The number of phenols is 1. The van der Waals surface area contributed by atoms with E-state index in [0.717, 1.165) is 14.9 Å². The highest BCUT2D eigenvalue weighted by Crippen LogP contribution is 2.25. The van der Waals surface area contributed by atoms with Crippen LogP contribution in [0, 0.1) is 17.4 Å². The zero-order valence-corrected chi connectivity index (χ0v) is 16.7. The van der Waals surface area contributed by atoms with Crippen LogP contribution in [0.2, 0.25) is 0 Å². The van der Waals surface area contributed by atoms with Crippen LogP contribution in [-0.2, 0) is 0 Å². The molecule has 0 atom stereocenters. The molecule has 1 N–H and O–H groups in total. The van der Waals surface area contributed by atoms with Gasteiger partial charge in [-0.15, -0.1) is 0 Å². The fraction of sp³-hybridized carbons (Fsp3) is 0.0952. The van der Waals surface area contributed by atoms with Crippen molar-refractivity contribution in [3.8, 4) is 5.75 Å². The van der Waals surface area contributed by atoms with E-state index in [0.29, 0.717) is 11.3 Å². The monoisotopic (exact) mass is 455 g/mol. The third-order valence-corrected chi connectivity index (χ3v) is 4.68. The van der Waals surface area contributed by atoms with Crippen LogP contribution < -0.4 is 0 Å². The molecular weight excluding hydrogens is 437 g/mol. The van der Waals surface area contributed by atoms with E-state index in [2.05, 4.69) is 44.7 Å². The highest BCUT2D eigenvalue weighted by Gasteiger charge is 2.01. The van der Waals surface area contributed by atoms with Crippen LogP contribution in [0.1, 0.15) is 16.7 Å². The minimum Gasteiger partial charge on any atom is -0.507 e. The largest absolute Gasteiger partial charge is 0.507 e. The van der Waals surface area contributed by atoms with Gasteiger partial charge in [-0.3, -0.25) is 4.99 Å². The zero-order chi connectivity index (χ0) is 18.5. The summed E-state index contributed by atoms with van der Waals surface area (Å²) in [5, 5.41) is 18.6. The first-order chi connectivity index (χ1) is 12.5. The van der Waals surface area contributed by atoms with Gasteiger partial charge in [0.15, 0.2) is 0 Å². The number of benzene rings is 3. The molecule has 0 bridgehead atoms. The number of phenolic OH excluding ortho intramolecular Hbond substituents is 1. The molecule has 0 aliphatic carbocycles. The number of azo groups is 1. The fourth-order valence-corrected chi connectivity index (χ4v) is 2.64. The summed E-state index contributed by atoms with van der Waals surface area (Å²) >= 11 is 2.25. The van der Waals surface area contributed by atoms with Crippen LogP contribution in [-0.4, -0.2) is 11.3 Å². The molecule has 130 valence electrons. The van der Waals surface area contributed by atoms with Crippen LogP contribution in [0.15, 0.2) is 75.9 Å².